The highest BCUT2D eigenvalue weighted by molar-refractivity contribution is 7.89. The van der Waals surface area contributed by atoms with Crippen LogP contribution in [0.1, 0.15) is 17.0 Å². The maximum Gasteiger partial charge on any atom is 0.244 e. The Bertz CT molecular complexity index is 1340. The fourth-order valence-electron chi connectivity index (χ4n) is 4.50. The van der Waals surface area contributed by atoms with E-state index < -0.39 is 10.0 Å². The molecule has 0 radical (unpaired) electrons. The molecule has 2 aromatic carbocycles. The van der Waals surface area contributed by atoms with Gasteiger partial charge in [0.25, 0.3) is 0 Å². The molecular formula is C26H29N5O2S. The second kappa shape index (κ2) is 9.58. The number of fused-ring (bicyclic) bond motifs is 1. The molecule has 1 unspecified atom stereocenters. The first-order valence-corrected chi connectivity index (χ1v) is 13.0. The van der Waals surface area contributed by atoms with Crippen molar-refractivity contribution in [2.45, 2.75) is 10.8 Å². The van der Waals surface area contributed by atoms with Crippen LogP contribution in [-0.4, -0.2) is 67.4 Å². The van der Waals surface area contributed by atoms with E-state index in [-0.39, 0.29) is 10.8 Å². The number of nitrogens with zero attached hydrogens (tertiary/aromatic N) is 3. The first kappa shape index (κ1) is 22.6. The number of likely N-dealkylation sites (N-methyl/N-ethyl adjacent to an activating group) is 1. The molecule has 0 spiro atoms. The van der Waals surface area contributed by atoms with Gasteiger partial charge in [0, 0.05) is 61.9 Å². The lowest BCUT2D eigenvalue weighted by molar-refractivity contribution is 0.222. The Hall–Kier alpha value is -3.20. The number of sulfonamides is 1. The third-order valence-corrected chi connectivity index (χ3v) is 8.40. The molecule has 8 heteroatoms. The summed E-state index contributed by atoms with van der Waals surface area (Å²) in [5, 5.41) is 4.61. The van der Waals surface area contributed by atoms with Crippen molar-refractivity contribution in [3.63, 3.8) is 0 Å². The summed E-state index contributed by atoms with van der Waals surface area (Å²) in [4.78, 5) is 10.2. The number of benzene rings is 2. The van der Waals surface area contributed by atoms with Crippen LogP contribution in [0.5, 0.6) is 0 Å². The van der Waals surface area contributed by atoms with E-state index in [0.29, 0.717) is 25.5 Å². The summed E-state index contributed by atoms with van der Waals surface area (Å²) in [6.45, 7) is 3.11. The number of hydrogen-bond acceptors (Lipinski definition) is 5. The Balaban J connectivity index is 1.35. The van der Waals surface area contributed by atoms with Gasteiger partial charge in [-0.1, -0.05) is 48.5 Å². The predicted octanol–water partition coefficient (Wildman–Crippen LogP) is 3.74. The van der Waals surface area contributed by atoms with Crippen molar-refractivity contribution in [2.24, 2.45) is 0 Å². The van der Waals surface area contributed by atoms with Crippen LogP contribution < -0.4 is 5.32 Å². The number of aromatic amines is 1. The highest BCUT2D eigenvalue weighted by Crippen LogP contribution is 2.31. The Labute approximate surface area is 200 Å². The van der Waals surface area contributed by atoms with E-state index >= 15 is 0 Å². The minimum atomic E-state index is -3.52. The van der Waals surface area contributed by atoms with E-state index in [4.69, 9.17) is 0 Å². The van der Waals surface area contributed by atoms with Crippen LogP contribution in [0.4, 0.5) is 5.82 Å². The largest absolute Gasteiger partial charge is 0.369 e. The van der Waals surface area contributed by atoms with Crippen molar-refractivity contribution in [1.29, 1.82) is 0 Å². The fraction of sp³-hybridized carbons (Fsp3) is 0.269. The van der Waals surface area contributed by atoms with Gasteiger partial charge in [0.1, 0.15) is 10.7 Å². The molecule has 176 valence electrons. The second-order valence-electron chi connectivity index (χ2n) is 8.72. The monoisotopic (exact) mass is 475 g/mol. The molecule has 2 N–H and O–H groups in total. The number of pyridine rings is 1. The average molecular weight is 476 g/mol. The normalized spacial score (nSPS) is 16.5. The zero-order valence-electron chi connectivity index (χ0n) is 19.2. The van der Waals surface area contributed by atoms with Crippen LogP contribution >= 0.6 is 0 Å². The van der Waals surface area contributed by atoms with Gasteiger partial charge in [-0.3, -0.25) is 0 Å². The number of anilines is 1. The van der Waals surface area contributed by atoms with E-state index in [0.717, 1.165) is 18.6 Å². The first-order chi connectivity index (χ1) is 16.5. The molecule has 1 saturated heterocycles. The number of H-pyrrole nitrogens is 1. The number of piperazine rings is 1. The molecule has 0 amide bonds. The first-order valence-electron chi connectivity index (χ1n) is 11.5. The molecule has 1 aliphatic heterocycles. The molecule has 2 aromatic heterocycles. The van der Waals surface area contributed by atoms with Crippen LogP contribution in [0.25, 0.3) is 10.9 Å². The quantitative estimate of drug-likeness (QED) is 0.426. The number of para-hydroxylation sites is 1. The molecule has 4 aromatic rings. The van der Waals surface area contributed by atoms with Crippen LogP contribution in [0.15, 0.2) is 84.0 Å². The van der Waals surface area contributed by atoms with Gasteiger partial charge in [-0.05, 0) is 36.4 Å². The maximum absolute atomic E-state index is 13.0. The molecular weight excluding hydrogens is 446 g/mol. The van der Waals surface area contributed by atoms with Crippen LogP contribution in [-0.2, 0) is 10.0 Å². The summed E-state index contributed by atoms with van der Waals surface area (Å²) in [6, 6.07) is 22.1. The van der Waals surface area contributed by atoms with Gasteiger partial charge < -0.3 is 15.2 Å². The highest BCUT2D eigenvalue weighted by Gasteiger charge is 2.27. The van der Waals surface area contributed by atoms with Crippen molar-refractivity contribution in [3.05, 3.63) is 90.3 Å². The molecule has 1 aliphatic rings. The topological polar surface area (TPSA) is 81.3 Å². The molecule has 1 fully saturated rings. The summed E-state index contributed by atoms with van der Waals surface area (Å²) in [6.07, 6.45) is 3.53. The van der Waals surface area contributed by atoms with E-state index in [1.165, 1.54) is 22.7 Å². The van der Waals surface area contributed by atoms with Crippen LogP contribution in [0, 0.1) is 0 Å². The van der Waals surface area contributed by atoms with Crippen LogP contribution in [0.3, 0.4) is 0 Å². The number of rotatable bonds is 7. The van der Waals surface area contributed by atoms with E-state index in [1.54, 1.807) is 16.4 Å². The summed E-state index contributed by atoms with van der Waals surface area (Å²) < 4.78 is 27.5. The summed E-state index contributed by atoms with van der Waals surface area (Å²) in [5.74, 6) is 0.756. The number of hydrogen-bond donors (Lipinski definition) is 2. The minimum absolute atomic E-state index is 0.105. The second-order valence-corrected chi connectivity index (χ2v) is 10.7. The zero-order valence-corrected chi connectivity index (χ0v) is 20.0. The van der Waals surface area contributed by atoms with Crippen molar-refractivity contribution >= 4 is 26.7 Å². The lowest BCUT2D eigenvalue weighted by atomic mass is 9.91. The third kappa shape index (κ3) is 4.57. The van der Waals surface area contributed by atoms with Crippen molar-refractivity contribution in [2.75, 3.05) is 45.1 Å². The summed E-state index contributed by atoms with van der Waals surface area (Å²) in [5.41, 5.74) is 3.52. The predicted molar refractivity (Wildman–Crippen MR) is 136 cm³/mol. The van der Waals surface area contributed by atoms with E-state index in [2.05, 4.69) is 56.7 Å². The smallest absolute Gasteiger partial charge is 0.244 e. The molecule has 34 heavy (non-hydrogen) atoms. The average Bonchev–Trinajstić information content (AvgIpc) is 3.29. The number of nitrogens with one attached hydrogen (secondary N) is 2. The van der Waals surface area contributed by atoms with Crippen LogP contribution in [0.2, 0.25) is 0 Å². The van der Waals surface area contributed by atoms with Gasteiger partial charge in [0.15, 0.2) is 0 Å². The SMILES string of the molecule is CN1CCN(S(=O)(=O)c2ccc(NCC(c3ccccc3)c3c[nH]c4ccccc34)nc2)CC1. The Morgan fingerprint density at radius 1 is 0.971 bits per heavy atom. The Morgan fingerprint density at radius 2 is 1.71 bits per heavy atom. The lowest BCUT2D eigenvalue weighted by Crippen LogP contribution is -2.47. The standard InChI is InChI=1S/C26H29N5O2S/c1-30-13-15-31(16-14-30)34(32,33)21-11-12-26(28-17-21)29-18-23(20-7-3-2-4-8-20)24-19-27-25-10-6-5-9-22(24)25/h2-12,17,19,23,27H,13-16,18H2,1H3,(H,28,29). The highest BCUT2D eigenvalue weighted by atomic mass is 32.2. The van der Waals surface area contributed by atoms with Gasteiger partial charge >= 0.3 is 0 Å². The van der Waals surface area contributed by atoms with Crippen molar-refractivity contribution < 1.29 is 8.42 Å². The van der Waals surface area contributed by atoms with Gasteiger partial charge in [0.05, 0.1) is 0 Å². The lowest BCUT2D eigenvalue weighted by Gasteiger charge is -2.31. The van der Waals surface area contributed by atoms with Gasteiger partial charge in [-0.15, -0.1) is 0 Å². The maximum atomic E-state index is 13.0. The fourth-order valence-corrected chi connectivity index (χ4v) is 5.86. The summed E-state index contributed by atoms with van der Waals surface area (Å²) >= 11 is 0. The van der Waals surface area contributed by atoms with Crippen molar-refractivity contribution in [3.8, 4) is 0 Å². The molecule has 0 bridgehead atoms. The van der Waals surface area contributed by atoms with Gasteiger partial charge in [0.2, 0.25) is 10.0 Å². The van der Waals surface area contributed by atoms with Gasteiger partial charge in [-0.2, -0.15) is 4.31 Å². The Morgan fingerprint density at radius 3 is 2.44 bits per heavy atom. The van der Waals surface area contributed by atoms with E-state index in [1.807, 2.05) is 31.3 Å². The molecule has 3 heterocycles. The molecule has 1 atom stereocenters. The number of aromatic nitrogens is 2. The third-order valence-electron chi connectivity index (χ3n) is 6.52. The minimum Gasteiger partial charge on any atom is -0.369 e. The molecule has 0 aliphatic carbocycles. The molecule has 0 saturated carbocycles. The summed E-state index contributed by atoms with van der Waals surface area (Å²) in [7, 11) is -1.52. The van der Waals surface area contributed by atoms with E-state index in [9.17, 15) is 8.42 Å². The Kier molecular flexibility index (Phi) is 6.36. The zero-order chi connectivity index (χ0) is 23.5. The van der Waals surface area contributed by atoms with Crippen molar-refractivity contribution in [1.82, 2.24) is 19.2 Å². The van der Waals surface area contributed by atoms with Gasteiger partial charge in [-0.25, -0.2) is 13.4 Å². The molecule has 7 nitrogen and oxygen atoms in total. The molecule has 5 rings (SSSR count).